The number of nitrogens with one attached hydrogen (secondary N) is 2. The maximum atomic E-state index is 13.5. The van der Waals surface area contributed by atoms with Crippen LogP contribution >= 0.6 is 0 Å². The largest absolute Gasteiger partial charge is 0.439 e. The fraction of sp³-hybridized carbons (Fsp3) is 0.484. The highest BCUT2D eigenvalue weighted by molar-refractivity contribution is 6.23. The van der Waals surface area contributed by atoms with Gasteiger partial charge in [0.1, 0.15) is 6.10 Å². The first kappa shape index (κ1) is 34.4. The van der Waals surface area contributed by atoms with E-state index in [1.54, 1.807) is 45.1 Å². The van der Waals surface area contributed by atoms with Gasteiger partial charge in [-0.1, -0.05) is 44.2 Å². The number of aliphatic hydroxyl groups excluding tert-OH is 1. The molecule has 0 spiro atoms. The highest BCUT2D eigenvalue weighted by Gasteiger charge is 2.33. The van der Waals surface area contributed by atoms with Crippen molar-refractivity contribution in [1.29, 1.82) is 0 Å². The fourth-order valence-electron chi connectivity index (χ4n) is 4.95. The Bertz CT molecular complexity index is 1210. The average molecular weight is 586 g/mol. The van der Waals surface area contributed by atoms with Gasteiger partial charge in [0.25, 0.3) is 5.91 Å². The molecule has 0 aromatic heterocycles. The summed E-state index contributed by atoms with van der Waals surface area (Å²) in [6.07, 6.45) is 5.34. The van der Waals surface area contributed by atoms with Crippen molar-refractivity contribution < 1.29 is 38.5 Å². The quantitative estimate of drug-likeness (QED) is 0.271. The molecule has 1 heterocycles. The summed E-state index contributed by atoms with van der Waals surface area (Å²) in [5.41, 5.74) is 6.42. The molecule has 2 aliphatic rings. The molecule has 0 saturated carbocycles. The van der Waals surface area contributed by atoms with Crippen molar-refractivity contribution in [2.24, 2.45) is 17.6 Å². The summed E-state index contributed by atoms with van der Waals surface area (Å²) in [5.74, 6) is -2.14. The van der Waals surface area contributed by atoms with Crippen LogP contribution in [0, 0.1) is 11.8 Å². The number of primary amides is 1. The molecule has 1 unspecified atom stereocenters. The monoisotopic (exact) mass is 585 g/mol. The van der Waals surface area contributed by atoms with Gasteiger partial charge in [0.05, 0.1) is 23.6 Å². The number of amides is 2. The van der Waals surface area contributed by atoms with E-state index in [0.29, 0.717) is 12.0 Å². The van der Waals surface area contributed by atoms with Crippen LogP contribution in [0.25, 0.3) is 0 Å². The summed E-state index contributed by atoms with van der Waals surface area (Å²) >= 11 is 0. The number of aliphatic hydroxyl groups is 1. The van der Waals surface area contributed by atoms with Gasteiger partial charge in [-0.15, -0.1) is 6.58 Å². The summed E-state index contributed by atoms with van der Waals surface area (Å²) in [6, 6.07) is 0. The third kappa shape index (κ3) is 9.10. The van der Waals surface area contributed by atoms with E-state index < -0.39 is 53.9 Å². The third-order valence-corrected chi connectivity index (χ3v) is 7.22. The second-order valence-electron chi connectivity index (χ2n) is 10.6. The molecular formula is C31H43N3O8. The number of fused-ring (bicyclic) bond motifs is 2. The number of allylic oxidation sites excluding steroid dienone is 4. The Morgan fingerprint density at radius 3 is 2.50 bits per heavy atom. The Hall–Kier alpha value is -3.80. The zero-order chi connectivity index (χ0) is 31.6. The molecule has 6 atom stereocenters. The van der Waals surface area contributed by atoms with Gasteiger partial charge in [0.2, 0.25) is 11.6 Å². The summed E-state index contributed by atoms with van der Waals surface area (Å²) in [6.45, 7) is 10.9. The van der Waals surface area contributed by atoms with Crippen LogP contribution in [0.2, 0.25) is 0 Å². The highest BCUT2D eigenvalue weighted by Crippen LogP contribution is 2.28. The van der Waals surface area contributed by atoms with Crippen molar-refractivity contribution in [2.45, 2.75) is 65.0 Å². The third-order valence-electron chi connectivity index (χ3n) is 7.22. The maximum Gasteiger partial charge on any atom is 0.405 e. The number of nitrogens with two attached hydrogens (primary N) is 1. The molecule has 0 radical (unpaired) electrons. The van der Waals surface area contributed by atoms with Crippen molar-refractivity contribution in [2.75, 3.05) is 20.8 Å². The number of methoxy groups -OCH3 is 2. The van der Waals surface area contributed by atoms with Crippen molar-refractivity contribution in [3.8, 4) is 0 Å². The van der Waals surface area contributed by atoms with Gasteiger partial charge >= 0.3 is 6.09 Å². The molecular weight excluding hydrogens is 542 g/mol. The first-order chi connectivity index (χ1) is 19.8. The number of ether oxygens (including phenoxy) is 3. The van der Waals surface area contributed by atoms with Gasteiger partial charge in [0, 0.05) is 43.9 Å². The van der Waals surface area contributed by atoms with Crippen LogP contribution < -0.4 is 16.4 Å². The standard InChI is InChI=1S/C31H43N3O8/c1-8-12-33-26-21-13-17(2)14-25(41-7)27(36)19(4)15-20(5)29(42-31(32)39)24(40-6)11-9-10-18(3)30(38)34-22(28(21)37)16-23(26)35/h8-11,15-17,19,24-25,27,29,33,36H,1,12-14H2,2-7H3,(H2,32,39)(H,34,38)/b11-9-,18-10+,20-15+/t17-,19+,24?,25+,27-,29+/m1/s1. The van der Waals surface area contributed by atoms with Crippen molar-refractivity contribution in [1.82, 2.24) is 10.6 Å². The molecule has 1 aliphatic carbocycles. The minimum atomic E-state index is -1.00. The van der Waals surface area contributed by atoms with Crippen LogP contribution in [0.4, 0.5) is 4.79 Å². The number of carbonyl (C=O) groups excluding carboxylic acids is 4. The normalized spacial score (nSPS) is 31.6. The van der Waals surface area contributed by atoms with Crippen LogP contribution in [-0.2, 0) is 28.6 Å². The number of ketones is 2. The second-order valence-corrected chi connectivity index (χ2v) is 10.6. The number of hydrogen-bond acceptors (Lipinski definition) is 9. The van der Waals surface area contributed by atoms with Crippen molar-refractivity contribution >= 4 is 23.6 Å². The Morgan fingerprint density at radius 2 is 1.90 bits per heavy atom. The van der Waals surface area contributed by atoms with Gasteiger partial charge in [-0.25, -0.2) is 4.79 Å². The van der Waals surface area contributed by atoms with Crippen LogP contribution in [0.3, 0.4) is 0 Å². The van der Waals surface area contributed by atoms with E-state index in [9.17, 15) is 24.3 Å². The van der Waals surface area contributed by atoms with E-state index in [4.69, 9.17) is 19.9 Å². The molecule has 5 N–H and O–H groups in total. The van der Waals surface area contributed by atoms with Gasteiger partial charge in [0.15, 0.2) is 6.10 Å². The Balaban J connectivity index is 2.62. The van der Waals surface area contributed by atoms with Crippen LogP contribution in [0.5, 0.6) is 0 Å². The van der Waals surface area contributed by atoms with E-state index in [2.05, 4.69) is 17.2 Å². The minimum absolute atomic E-state index is 0.132. The maximum absolute atomic E-state index is 13.5. The lowest BCUT2D eigenvalue weighted by Crippen LogP contribution is -2.37. The molecule has 11 heteroatoms. The molecule has 0 fully saturated rings. The van der Waals surface area contributed by atoms with E-state index in [1.165, 1.54) is 20.3 Å². The summed E-state index contributed by atoms with van der Waals surface area (Å²) < 4.78 is 16.6. The molecule has 11 nitrogen and oxygen atoms in total. The van der Waals surface area contributed by atoms with Crippen LogP contribution in [0.1, 0.15) is 40.5 Å². The summed E-state index contributed by atoms with van der Waals surface area (Å²) in [4.78, 5) is 51.3. The summed E-state index contributed by atoms with van der Waals surface area (Å²) in [5, 5.41) is 16.7. The van der Waals surface area contributed by atoms with Gasteiger partial charge < -0.3 is 35.7 Å². The van der Waals surface area contributed by atoms with Crippen LogP contribution in [0.15, 0.2) is 71.1 Å². The SMILES string of the molecule is C=CCNC1=C2C[C@@H](C)C[C@H](OC)[C@H](O)[C@@H](C)/C=C(\C)[C@H](OC(N)=O)C(OC)/C=C\C=C(/C)C(=O)NC(=CC1=O)C2=O. The number of carbonyl (C=O) groups is 4. The van der Waals surface area contributed by atoms with E-state index >= 15 is 0 Å². The van der Waals surface area contributed by atoms with Crippen molar-refractivity contribution in [3.05, 3.63) is 71.1 Å². The molecule has 0 aromatic carbocycles. The molecule has 0 aromatic rings. The van der Waals surface area contributed by atoms with Gasteiger partial charge in [-0.05, 0) is 38.2 Å². The highest BCUT2D eigenvalue weighted by atomic mass is 16.6. The predicted molar refractivity (Wildman–Crippen MR) is 158 cm³/mol. The van der Waals surface area contributed by atoms with E-state index in [-0.39, 0.29) is 41.4 Å². The Labute approximate surface area is 247 Å². The van der Waals surface area contributed by atoms with Gasteiger partial charge in [-0.3, -0.25) is 14.4 Å². The lowest BCUT2D eigenvalue weighted by molar-refractivity contribution is -0.120. The topological polar surface area (TPSA) is 166 Å². The lowest BCUT2D eigenvalue weighted by Gasteiger charge is -2.30. The van der Waals surface area contributed by atoms with Gasteiger partial charge in [-0.2, -0.15) is 0 Å². The molecule has 42 heavy (non-hydrogen) atoms. The Kier molecular flexibility index (Phi) is 13.1. The van der Waals surface area contributed by atoms with Crippen LogP contribution in [-0.4, -0.2) is 73.9 Å². The molecule has 0 saturated heterocycles. The minimum Gasteiger partial charge on any atom is -0.439 e. The smallest absolute Gasteiger partial charge is 0.405 e. The molecule has 2 bridgehead atoms. The Morgan fingerprint density at radius 1 is 1.21 bits per heavy atom. The number of rotatable bonds is 6. The molecule has 1 aliphatic heterocycles. The molecule has 230 valence electrons. The molecule has 2 amide bonds. The number of Topliss-reactive ketones (excluding diaryl/α,β-unsaturated/α-hetero) is 1. The first-order valence-corrected chi connectivity index (χ1v) is 13.8. The number of hydrogen-bond donors (Lipinski definition) is 4. The molecule has 2 rings (SSSR count). The predicted octanol–water partition coefficient (Wildman–Crippen LogP) is 2.54. The zero-order valence-electron chi connectivity index (χ0n) is 25.1. The van der Waals surface area contributed by atoms with E-state index in [0.717, 1.165) is 6.08 Å². The lowest BCUT2D eigenvalue weighted by atomic mass is 9.85. The fourth-order valence-corrected chi connectivity index (χ4v) is 4.95. The van der Waals surface area contributed by atoms with Crippen molar-refractivity contribution in [3.63, 3.8) is 0 Å². The second kappa shape index (κ2) is 16.0. The first-order valence-electron chi connectivity index (χ1n) is 13.8. The summed E-state index contributed by atoms with van der Waals surface area (Å²) in [7, 11) is 2.92. The average Bonchev–Trinajstić information content (AvgIpc) is 2.94. The van der Waals surface area contributed by atoms with E-state index in [1.807, 2.05) is 6.92 Å². The zero-order valence-corrected chi connectivity index (χ0v) is 25.1.